The molecule has 0 aliphatic carbocycles. The molecule has 2 rings (SSSR count). The van der Waals surface area contributed by atoms with Gasteiger partial charge in [0.1, 0.15) is 3.57 Å². The molecule has 1 heterocycles. The zero-order valence-electron chi connectivity index (χ0n) is 9.11. The van der Waals surface area contributed by atoms with Crippen molar-refractivity contribution in [2.75, 3.05) is 0 Å². The van der Waals surface area contributed by atoms with Crippen molar-refractivity contribution < 1.29 is 9.13 Å². The molecule has 0 atom stereocenters. The summed E-state index contributed by atoms with van der Waals surface area (Å²) in [5, 5.41) is 0. The van der Waals surface area contributed by atoms with Gasteiger partial charge in [-0.2, -0.15) is 0 Å². The molecule has 5 nitrogen and oxygen atoms in total. The van der Waals surface area contributed by atoms with E-state index in [1.54, 1.807) is 28.7 Å². The van der Waals surface area contributed by atoms with Gasteiger partial charge in [0.05, 0.1) is 6.33 Å². The third-order valence-corrected chi connectivity index (χ3v) is 3.15. The number of hydrogen-bond acceptors (Lipinski definition) is 4. The molecule has 0 radical (unpaired) electrons. The van der Waals surface area contributed by atoms with E-state index in [0.717, 1.165) is 0 Å². The number of rotatable bonds is 3. The van der Waals surface area contributed by atoms with Crippen molar-refractivity contribution in [3.8, 4) is 11.6 Å². The summed E-state index contributed by atoms with van der Waals surface area (Å²) in [4.78, 5) is 17.6. The van der Waals surface area contributed by atoms with Gasteiger partial charge in [-0.05, 0) is 40.3 Å². The number of halogens is 2. The second-order valence-corrected chi connectivity index (χ2v) is 4.50. The number of benzene rings is 1. The Morgan fingerprint density at radius 3 is 2.94 bits per heavy atom. The Morgan fingerprint density at radius 2 is 2.28 bits per heavy atom. The summed E-state index contributed by atoms with van der Waals surface area (Å²) in [6, 6.07) is 4.39. The summed E-state index contributed by atoms with van der Waals surface area (Å²) in [7, 11) is 0. The number of hydrogen-bond donors (Lipinski definition) is 2. The van der Waals surface area contributed by atoms with Gasteiger partial charge in [0.2, 0.25) is 5.88 Å². The molecule has 0 aliphatic rings. The van der Waals surface area contributed by atoms with Gasteiger partial charge < -0.3 is 15.5 Å². The molecule has 1 aromatic carbocycles. The lowest BCUT2D eigenvalue weighted by Crippen LogP contribution is -2.11. The molecule has 0 fully saturated rings. The molecule has 7 heteroatoms. The van der Waals surface area contributed by atoms with Gasteiger partial charge in [-0.25, -0.2) is 9.37 Å². The molecule has 0 saturated carbocycles. The molecule has 18 heavy (non-hydrogen) atoms. The molecule has 0 aliphatic heterocycles. The average Bonchev–Trinajstić information content (AvgIpc) is 2.37. The first-order chi connectivity index (χ1) is 8.61. The first-order valence-corrected chi connectivity index (χ1v) is 6.09. The van der Waals surface area contributed by atoms with Crippen molar-refractivity contribution in [1.29, 1.82) is 0 Å². The van der Waals surface area contributed by atoms with Crippen molar-refractivity contribution >= 4 is 22.6 Å². The van der Waals surface area contributed by atoms with Crippen LogP contribution in [0.3, 0.4) is 0 Å². The minimum absolute atomic E-state index is 0.00298. The third kappa shape index (κ3) is 2.67. The molecular weight excluding hydrogens is 352 g/mol. The lowest BCUT2D eigenvalue weighted by molar-refractivity contribution is 0.422. The van der Waals surface area contributed by atoms with Gasteiger partial charge in [0.15, 0.2) is 11.6 Å². The fourth-order valence-electron chi connectivity index (χ4n) is 1.30. The Kier molecular flexibility index (Phi) is 3.92. The van der Waals surface area contributed by atoms with Crippen molar-refractivity contribution in [3.05, 3.63) is 49.8 Å². The lowest BCUT2D eigenvalue weighted by Gasteiger charge is -2.07. The summed E-state index contributed by atoms with van der Waals surface area (Å²) in [6.45, 7) is 0.248. The van der Waals surface area contributed by atoms with Crippen molar-refractivity contribution in [1.82, 2.24) is 9.97 Å². The number of aromatic amines is 1. The van der Waals surface area contributed by atoms with Gasteiger partial charge in [-0.3, -0.25) is 4.79 Å². The van der Waals surface area contributed by atoms with E-state index < -0.39 is 5.82 Å². The first-order valence-electron chi connectivity index (χ1n) is 5.01. The van der Waals surface area contributed by atoms with Gasteiger partial charge in [0, 0.05) is 6.54 Å². The quantitative estimate of drug-likeness (QED) is 0.817. The van der Waals surface area contributed by atoms with E-state index in [1.807, 2.05) is 0 Å². The topological polar surface area (TPSA) is 81.0 Å². The molecule has 0 unspecified atom stereocenters. The van der Waals surface area contributed by atoms with Crippen LogP contribution in [0.2, 0.25) is 0 Å². The second-order valence-electron chi connectivity index (χ2n) is 3.42. The maximum atomic E-state index is 13.7. The Balaban J connectivity index is 2.34. The van der Waals surface area contributed by atoms with Crippen LogP contribution >= 0.6 is 22.6 Å². The third-order valence-electron chi connectivity index (χ3n) is 2.20. The fourth-order valence-corrected chi connectivity index (χ4v) is 1.70. The van der Waals surface area contributed by atoms with E-state index >= 15 is 0 Å². The van der Waals surface area contributed by atoms with Crippen LogP contribution < -0.4 is 16.0 Å². The number of aromatic nitrogens is 2. The first kappa shape index (κ1) is 13.0. The molecule has 94 valence electrons. The van der Waals surface area contributed by atoms with E-state index in [-0.39, 0.29) is 27.3 Å². The number of H-pyrrole nitrogens is 1. The van der Waals surface area contributed by atoms with Crippen LogP contribution in [-0.2, 0) is 6.54 Å². The molecule has 0 saturated heterocycles. The minimum atomic E-state index is -0.546. The Hall–Kier alpha value is -1.48. The molecule has 1 aromatic heterocycles. The monoisotopic (exact) mass is 361 g/mol. The Morgan fingerprint density at radius 1 is 1.50 bits per heavy atom. The predicted octanol–water partition coefficient (Wildman–Crippen LogP) is 1.76. The summed E-state index contributed by atoms with van der Waals surface area (Å²) in [5.74, 6) is -0.474. The number of nitrogens with two attached hydrogens (primary N) is 1. The summed E-state index contributed by atoms with van der Waals surface area (Å²) in [5.41, 5.74) is 5.73. The van der Waals surface area contributed by atoms with Gasteiger partial charge in [0.25, 0.3) is 5.56 Å². The zero-order valence-corrected chi connectivity index (χ0v) is 11.3. The number of nitrogens with one attached hydrogen (secondary N) is 1. The highest BCUT2D eigenvalue weighted by molar-refractivity contribution is 14.1. The Bertz CT molecular complexity index is 630. The van der Waals surface area contributed by atoms with Crippen LogP contribution in [-0.4, -0.2) is 9.97 Å². The van der Waals surface area contributed by atoms with Crippen molar-refractivity contribution in [3.63, 3.8) is 0 Å². The second kappa shape index (κ2) is 5.44. The molecule has 0 amide bonds. The standard InChI is InChI=1S/C11H9FIN3O2/c12-7-3-6(4-14)1-2-8(7)18-11-9(13)10(17)15-5-16-11/h1-3,5H,4,14H2,(H,15,16,17). The SMILES string of the molecule is NCc1ccc(Oc2nc[nH]c(=O)c2I)c(F)c1. The summed E-state index contributed by atoms with van der Waals surface area (Å²) >= 11 is 1.78. The zero-order chi connectivity index (χ0) is 13.1. The van der Waals surface area contributed by atoms with Gasteiger partial charge >= 0.3 is 0 Å². The van der Waals surface area contributed by atoms with Crippen LogP contribution in [0, 0.1) is 9.39 Å². The number of ether oxygens (including phenoxy) is 1. The van der Waals surface area contributed by atoms with E-state index in [4.69, 9.17) is 10.5 Å². The van der Waals surface area contributed by atoms with Crippen molar-refractivity contribution in [2.45, 2.75) is 6.54 Å². The van der Waals surface area contributed by atoms with Gasteiger partial charge in [-0.15, -0.1) is 0 Å². The molecule has 3 N–H and O–H groups in total. The van der Waals surface area contributed by atoms with E-state index in [1.165, 1.54) is 18.5 Å². The van der Waals surface area contributed by atoms with Crippen LogP contribution in [0.15, 0.2) is 29.3 Å². The molecule has 0 spiro atoms. The fraction of sp³-hybridized carbons (Fsp3) is 0.0909. The minimum Gasteiger partial charge on any atom is -0.435 e. The molecule has 2 aromatic rings. The van der Waals surface area contributed by atoms with E-state index in [0.29, 0.717) is 5.56 Å². The number of nitrogens with zero attached hydrogens (tertiary/aromatic N) is 1. The van der Waals surface area contributed by atoms with Crippen LogP contribution in [0.25, 0.3) is 0 Å². The average molecular weight is 361 g/mol. The van der Waals surface area contributed by atoms with Crippen LogP contribution in [0.4, 0.5) is 4.39 Å². The van der Waals surface area contributed by atoms with E-state index in [2.05, 4.69) is 9.97 Å². The van der Waals surface area contributed by atoms with Crippen LogP contribution in [0.5, 0.6) is 11.6 Å². The molecule has 0 bridgehead atoms. The highest BCUT2D eigenvalue weighted by Gasteiger charge is 2.11. The largest absolute Gasteiger partial charge is 0.435 e. The van der Waals surface area contributed by atoms with E-state index in [9.17, 15) is 9.18 Å². The normalized spacial score (nSPS) is 10.4. The Labute approximate surface area is 115 Å². The summed E-state index contributed by atoms with van der Waals surface area (Å²) in [6.07, 6.45) is 1.20. The maximum Gasteiger partial charge on any atom is 0.268 e. The summed E-state index contributed by atoms with van der Waals surface area (Å²) < 4.78 is 19.2. The molecular formula is C11H9FIN3O2. The highest BCUT2D eigenvalue weighted by atomic mass is 127. The maximum absolute atomic E-state index is 13.7. The smallest absolute Gasteiger partial charge is 0.268 e. The van der Waals surface area contributed by atoms with Gasteiger partial charge in [-0.1, -0.05) is 6.07 Å². The lowest BCUT2D eigenvalue weighted by atomic mass is 10.2. The highest BCUT2D eigenvalue weighted by Crippen LogP contribution is 2.25. The predicted molar refractivity (Wildman–Crippen MR) is 71.9 cm³/mol. The van der Waals surface area contributed by atoms with Crippen LogP contribution in [0.1, 0.15) is 5.56 Å². The van der Waals surface area contributed by atoms with Crippen molar-refractivity contribution in [2.24, 2.45) is 5.73 Å².